The van der Waals surface area contributed by atoms with Gasteiger partial charge in [0.2, 0.25) is 15.9 Å². The highest BCUT2D eigenvalue weighted by molar-refractivity contribution is 7.89. The van der Waals surface area contributed by atoms with Crippen molar-refractivity contribution in [3.63, 3.8) is 0 Å². The van der Waals surface area contributed by atoms with Crippen LogP contribution in [0.4, 0.5) is 8.78 Å². The van der Waals surface area contributed by atoms with E-state index in [9.17, 15) is 17.2 Å². The molecule has 1 aromatic carbocycles. The molecule has 1 aromatic heterocycles. The van der Waals surface area contributed by atoms with Crippen LogP contribution < -0.4 is 4.74 Å². The summed E-state index contributed by atoms with van der Waals surface area (Å²) < 4.78 is 58.7. The molecule has 6 nitrogen and oxygen atoms in total. The Kier molecular flexibility index (Phi) is 4.72. The van der Waals surface area contributed by atoms with E-state index in [1.807, 2.05) is 0 Å². The molecule has 0 bridgehead atoms. The number of aromatic nitrogens is 2. The molecular weight excluding hydrogens is 340 g/mol. The second-order valence-electron chi connectivity index (χ2n) is 5.41. The lowest BCUT2D eigenvalue weighted by molar-refractivity contribution is 0.123. The summed E-state index contributed by atoms with van der Waals surface area (Å²) in [6.45, 7) is 0.345. The van der Waals surface area contributed by atoms with Crippen LogP contribution in [0.25, 0.3) is 0 Å². The van der Waals surface area contributed by atoms with Crippen LogP contribution in [0.2, 0.25) is 0 Å². The smallest absolute Gasteiger partial charge is 0.243 e. The summed E-state index contributed by atoms with van der Waals surface area (Å²) in [6, 6.07) is 5.55. The number of rotatable bonds is 4. The Morgan fingerprint density at radius 1 is 1.21 bits per heavy atom. The van der Waals surface area contributed by atoms with E-state index < -0.39 is 32.7 Å². The molecule has 1 atom stereocenters. The molecule has 0 spiro atoms. The number of halogens is 2. The molecule has 1 unspecified atom stereocenters. The maximum atomic E-state index is 13.3. The highest BCUT2D eigenvalue weighted by Crippen LogP contribution is 2.24. The molecule has 128 valence electrons. The van der Waals surface area contributed by atoms with E-state index in [0.717, 1.165) is 12.1 Å². The third kappa shape index (κ3) is 3.68. The summed E-state index contributed by atoms with van der Waals surface area (Å²) in [7, 11) is -3.99. The van der Waals surface area contributed by atoms with Gasteiger partial charge in [-0.2, -0.15) is 9.40 Å². The van der Waals surface area contributed by atoms with Crippen LogP contribution in [0, 0.1) is 11.6 Å². The SMILES string of the molecule is O=S(=O)(c1cc(F)cc(F)c1)N1CCCC(Oc2cccnn2)C1. The van der Waals surface area contributed by atoms with Crippen LogP contribution in [0.15, 0.2) is 41.4 Å². The van der Waals surface area contributed by atoms with Gasteiger partial charge in [0.15, 0.2) is 0 Å². The maximum Gasteiger partial charge on any atom is 0.243 e. The molecule has 2 heterocycles. The van der Waals surface area contributed by atoms with Crippen LogP contribution in [-0.4, -0.2) is 42.1 Å². The molecule has 1 saturated heterocycles. The molecule has 1 fully saturated rings. The molecule has 9 heteroatoms. The Morgan fingerprint density at radius 2 is 1.96 bits per heavy atom. The van der Waals surface area contributed by atoms with Gasteiger partial charge in [0, 0.05) is 24.9 Å². The number of piperidine rings is 1. The third-order valence-corrected chi connectivity index (χ3v) is 5.49. The van der Waals surface area contributed by atoms with Gasteiger partial charge < -0.3 is 4.74 Å². The summed E-state index contributed by atoms with van der Waals surface area (Å²) in [5.41, 5.74) is 0. The molecule has 1 aliphatic rings. The molecule has 2 aromatic rings. The topological polar surface area (TPSA) is 72.4 Å². The van der Waals surface area contributed by atoms with Gasteiger partial charge >= 0.3 is 0 Å². The van der Waals surface area contributed by atoms with Gasteiger partial charge in [0.25, 0.3) is 0 Å². The zero-order valence-electron chi connectivity index (χ0n) is 12.6. The number of hydrogen-bond acceptors (Lipinski definition) is 5. The number of hydrogen-bond donors (Lipinski definition) is 0. The monoisotopic (exact) mass is 355 g/mol. The molecule has 3 rings (SSSR count). The predicted octanol–water partition coefficient (Wildman–Crippen LogP) is 1.99. The Labute approximate surface area is 138 Å². The summed E-state index contributed by atoms with van der Waals surface area (Å²) in [4.78, 5) is -0.403. The first-order valence-corrected chi connectivity index (χ1v) is 8.80. The van der Waals surface area contributed by atoms with E-state index >= 15 is 0 Å². The number of sulfonamides is 1. The summed E-state index contributed by atoms with van der Waals surface area (Å²) in [5.74, 6) is -1.56. The Balaban J connectivity index is 1.78. The van der Waals surface area contributed by atoms with Gasteiger partial charge in [-0.05, 0) is 31.0 Å². The minimum Gasteiger partial charge on any atom is -0.472 e. The molecular formula is C15H15F2N3O3S. The average Bonchev–Trinajstić information content (AvgIpc) is 2.55. The van der Waals surface area contributed by atoms with Crippen molar-refractivity contribution < 1.29 is 21.9 Å². The van der Waals surface area contributed by atoms with E-state index in [1.54, 1.807) is 12.1 Å². The number of nitrogens with zero attached hydrogens (tertiary/aromatic N) is 3. The van der Waals surface area contributed by atoms with E-state index in [2.05, 4.69) is 10.2 Å². The highest BCUT2D eigenvalue weighted by atomic mass is 32.2. The van der Waals surface area contributed by atoms with Crippen molar-refractivity contribution in [1.82, 2.24) is 14.5 Å². The quantitative estimate of drug-likeness (QED) is 0.839. The zero-order chi connectivity index (χ0) is 17.2. The molecule has 0 radical (unpaired) electrons. The van der Waals surface area contributed by atoms with Crippen molar-refractivity contribution in [1.29, 1.82) is 0 Å². The third-order valence-electron chi connectivity index (χ3n) is 3.65. The first-order valence-electron chi connectivity index (χ1n) is 7.36. The van der Waals surface area contributed by atoms with Gasteiger partial charge in [-0.3, -0.25) is 0 Å². The average molecular weight is 355 g/mol. The second kappa shape index (κ2) is 6.78. The van der Waals surface area contributed by atoms with Gasteiger partial charge in [-0.25, -0.2) is 17.2 Å². The highest BCUT2D eigenvalue weighted by Gasteiger charge is 2.32. The first-order chi connectivity index (χ1) is 11.4. The van der Waals surface area contributed by atoms with Gasteiger partial charge in [0.05, 0.1) is 11.4 Å². The van der Waals surface area contributed by atoms with Crippen molar-refractivity contribution in [3.8, 4) is 5.88 Å². The molecule has 0 amide bonds. The summed E-state index contributed by atoms with van der Waals surface area (Å²) >= 11 is 0. The van der Waals surface area contributed by atoms with E-state index in [4.69, 9.17) is 4.74 Å². The fourth-order valence-electron chi connectivity index (χ4n) is 2.57. The fraction of sp³-hybridized carbons (Fsp3) is 0.333. The van der Waals surface area contributed by atoms with Crippen LogP contribution in [-0.2, 0) is 10.0 Å². The number of benzene rings is 1. The largest absolute Gasteiger partial charge is 0.472 e. The Hall–Kier alpha value is -2.13. The summed E-state index contributed by atoms with van der Waals surface area (Å²) in [5, 5.41) is 7.50. The van der Waals surface area contributed by atoms with E-state index in [-0.39, 0.29) is 13.1 Å². The lowest BCUT2D eigenvalue weighted by atomic mass is 10.1. The molecule has 0 N–H and O–H groups in total. The molecule has 0 aliphatic carbocycles. The lowest BCUT2D eigenvalue weighted by Crippen LogP contribution is -2.44. The molecule has 1 aliphatic heterocycles. The summed E-state index contributed by atoms with van der Waals surface area (Å²) in [6.07, 6.45) is 2.33. The van der Waals surface area contributed by atoms with Crippen molar-refractivity contribution in [2.45, 2.75) is 23.8 Å². The van der Waals surface area contributed by atoms with Gasteiger partial charge in [-0.1, -0.05) is 0 Å². The van der Waals surface area contributed by atoms with E-state index in [1.165, 1.54) is 10.5 Å². The first kappa shape index (κ1) is 16.7. The van der Waals surface area contributed by atoms with Gasteiger partial charge in [-0.15, -0.1) is 5.10 Å². The predicted molar refractivity (Wildman–Crippen MR) is 80.8 cm³/mol. The number of ether oxygens (including phenoxy) is 1. The van der Waals surface area contributed by atoms with Crippen LogP contribution >= 0.6 is 0 Å². The van der Waals surface area contributed by atoms with Crippen molar-refractivity contribution in [2.24, 2.45) is 0 Å². The van der Waals surface area contributed by atoms with Crippen LogP contribution in [0.3, 0.4) is 0 Å². The molecule has 24 heavy (non-hydrogen) atoms. The van der Waals surface area contributed by atoms with Crippen molar-refractivity contribution in [2.75, 3.05) is 13.1 Å². The lowest BCUT2D eigenvalue weighted by Gasteiger charge is -2.31. The second-order valence-corrected chi connectivity index (χ2v) is 7.35. The van der Waals surface area contributed by atoms with Crippen molar-refractivity contribution in [3.05, 3.63) is 48.2 Å². The van der Waals surface area contributed by atoms with Crippen LogP contribution in [0.5, 0.6) is 5.88 Å². The molecule has 0 saturated carbocycles. The Morgan fingerprint density at radius 3 is 2.62 bits per heavy atom. The minimum absolute atomic E-state index is 0.0804. The Bertz CT molecular complexity index is 798. The maximum absolute atomic E-state index is 13.3. The van der Waals surface area contributed by atoms with Gasteiger partial charge in [0.1, 0.15) is 17.7 Å². The standard InChI is InChI=1S/C15H15F2N3O3S/c16-11-7-12(17)9-14(8-11)24(21,22)20-6-2-3-13(10-20)23-15-4-1-5-18-19-15/h1,4-5,7-9,13H,2-3,6,10H2. The van der Waals surface area contributed by atoms with Crippen LogP contribution in [0.1, 0.15) is 12.8 Å². The normalized spacial score (nSPS) is 19.2. The minimum atomic E-state index is -3.99. The zero-order valence-corrected chi connectivity index (χ0v) is 13.4. The fourth-order valence-corrected chi connectivity index (χ4v) is 4.12. The van der Waals surface area contributed by atoms with Crippen molar-refractivity contribution >= 4 is 10.0 Å². The van der Waals surface area contributed by atoms with E-state index in [0.29, 0.717) is 24.8 Å².